The van der Waals surface area contributed by atoms with Gasteiger partial charge < -0.3 is 5.73 Å². The zero-order valence-corrected chi connectivity index (χ0v) is 9.20. The molecule has 2 N–H and O–H groups in total. The number of thiocarbonyl (C=S) groups is 1. The Kier molecular flexibility index (Phi) is 4.41. The lowest BCUT2D eigenvalue weighted by Crippen LogP contribution is -2.36. The third kappa shape index (κ3) is 5.27. The Hall–Kier alpha value is -1.67. The van der Waals surface area contributed by atoms with Gasteiger partial charge in [0, 0.05) is 0 Å². The summed E-state index contributed by atoms with van der Waals surface area (Å²) in [6.07, 6.45) is -3.76. The van der Waals surface area contributed by atoms with E-state index in [0.29, 0.717) is 5.56 Å². The summed E-state index contributed by atoms with van der Waals surface area (Å²) in [7, 11) is 0. The van der Waals surface area contributed by atoms with Gasteiger partial charge in [0.1, 0.15) is 0 Å². The molecule has 0 aliphatic rings. The zero-order chi connectivity index (χ0) is 12.9. The van der Waals surface area contributed by atoms with Crippen LogP contribution < -0.4 is 5.73 Å². The summed E-state index contributed by atoms with van der Waals surface area (Å²) in [4.78, 5) is 3.49. The smallest absolute Gasteiger partial charge is 0.373 e. The van der Waals surface area contributed by atoms with Crippen molar-refractivity contribution < 1.29 is 18.0 Å². The minimum Gasteiger partial charge on any atom is -0.373 e. The number of nitrogens with zero attached hydrogens (tertiary/aromatic N) is 2. The third-order valence-corrected chi connectivity index (χ3v) is 1.65. The Morgan fingerprint density at radius 1 is 1.35 bits per heavy atom. The van der Waals surface area contributed by atoms with Gasteiger partial charge >= 0.3 is 6.36 Å². The van der Waals surface area contributed by atoms with E-state index in [4.69, 9.17) is 5.73 Å². The normalized spacial score (nSPS) is 11.7. The van der Waals surface area contributed by atoms with Crippen LogP contribution in [-0.4, -0.2) is 22.9 Å². The quantitative estimate of drug-likeness (QED) is 0.515. The first-order valence-corrected chi connectivity index (χ1v) is 4.74. The number of rotatable bonds is 3. The van der Waals surface area contributed by atoms with Gasteiger partial charge in [0.05, 0.1) is 6.21 Å². The summed E-state index contributed by atoms with van der Waals surface area (Å²) >= 11 is 4.37. The van der Waals surface area contributed by atoms with Crippen molar-refractivity contribution in [3.8, 4) is 0 Å². The van der Waals surface area contributed by atoms with Crippen LogP contribution in [0.4, 0.5) is 13.2 Å². The molecule has 0 saturated heterocycles. The summed E-state index contributed by atoms with van der Waals surface area (Å²) in [5.74, 6) is 0. The van der Waals surface area contributed by atoms with E-state index in [-0.39, 0.29) is 5.17 Å². The molecule has 0 atom stereocenters. The molecule has 0 unspecified atom stereocenters. The molecule has 0 spiro atoms. The van der Waals surface area contributed by atoms with Crippen LogP contribution in [0.1, 0.15) is 5.56 Å². The van der Waals surface area contributed by atoms with Crippen molar-refractivity contribution in [2.45, 2.75) is 6.36 Å². The van der Waals surface area contributed by atoms with Crippen LogP contribution in [0.15, 0.2) is 35.4 Å². The SMILES string of the molecule is NC(=S)N(N=Cc1ccccc1)OC(F)(F)F. The molecular formula is C9H8F3N3OS. The highest BCUT2D eigenvalue weighted by molar-refractivity contribution is 7.80. The summed E-state index contributed by atoms with van der Waals surface area (Å²) in [5.41, 5.74) is 5.61. The number of hydroxylamine groups is 1. The second kappa shape index (κ2) is 5.60. The molecule has 92 valence electrons. The number of halogens is 3. The summed E-state index contributed by atoms with van der Waals surface area (Å²) in [6, 6.07) is 8.46. The molecule has 1 aromatic rings. The van der Waals surface area contributed by atoms with Crippen molar-refractivity contribution in [3.05, 3.63) is 35.9 Å². The van der Waals surface area contributed by atoms with Crippen molar-refractivity contribution in [3.63, 3.8) is 0 Å². The maximum absolute atomic E-state index is 11.9. The average Bonchev–Trinajstić information content (AvgIpc) is 2.24. The fraction of sp³-hybridized carbons (Fsp3) is 0.111. The molecule has 0 heterocycles. The lowest BCUT2D eigenvalue weighted by atomic mass is 10.2. The zero-order valence-electron chi connectivity index (χ0n) is 8.39. The fourth-order valence-corrected chi connectivity index (χ4v) is 0.966. The largest absolute Gasteiger partial charge is 0.545 e. The summed E-state index contributed by atoms with van der Waals surface area (Å²) in [6.45, 7) is 0. The summed E-state index contributed by atoms with van der Waals surface area (Å²) < 4.78 is 35.8. The lowest BCUT2D eigenvalue weighted by molar-refractivity contribution is -0.395. The first kappa shape index (κ1) is 13.4. The van der Waals surface area contributed by atoms with Gasteiger partial charge in [0.2, 0.25) is 5.11 Å². The van der Waals surface area contributed by atoms with Crippen LogP contribution >= 0.6 is 12.2 Å². The van der Waals surface area contributed by atoms with E-state index < -0.39 is 11.5 Å². The van der Waals surface area contributed by atoms with E-state index in [9.17, 15) is 13.2 Å². The number of nitrogens with two attached hydrogens (primary N) is 1. The van der Waals surface area contributed by atoms with Gasteiger partial charge in [-0.2, -0.15) is 5.10 Å². The van der Waals surface area contributed by atoms with Crippen LogP contribution in [0.2, 0.25) is 0 Å². The highest BCUT2D eigenvalue weighted by Crippen LogP contribution is 2.18. The number of alkyl halides is 3. The Balaban J connectivity index is 2.74. The molecule has 8 heteroatoms. The van der Waals surface area contributed by atoms with Crippen LogP contribution in [0.3, 0.4) is 0 Å². The highest BCUT2D eigenvalue weighted by atomic mass is 32.1. The molecule has 0 saturated carbocycles. The van der Waals surface area contributed by atoms with Crippen LogP contribution in [0.25, 0.3) is 0 Å². The van der Waals surface area contributed by atoms with E-state index in [1.54, 1.807) is 30.3 Å². The van der Waals surface area contributed by atoms with Gasteiger partial charge in [0.25, 0.3) is 0 Å². The van der Waals surface area contributed by atoms with Crippen molar-refractivity contribution in [1.29, 1.82) is 0 Å². The predicted molar refractivity (Wildman–Crippen MR) is 59.8 cm³/mol. The molecule has 0 bridgehead atoms. The second-order valence-electron chi connectivity index (χ2n) is 2.80. The Morgan fingerprint density at radius 3 is 2.41 bits per heavy atom. The van der Waals surface area contributed by atoms with Crippen molar-refractivity contribution in [1.82, 2.24) is 5.17 Å². The topological polar surface area (TPSA) is 50.8 Å². The van der Waals surface area contributed by atoms with E-state index in [0.717, 1.165) is 6.21 Å². The van der Waals surface area contributed by atoms with E-state index >= 15 is 0 Å². The standard InChI is InChI=1S/C9H8F3N3OS/c10-9(11,12)16-15(8(13)17)14-6-7-4-2-1-3-5-7/h1-6H,(H2,13,17). The fourth-order valence-electron chi connectivity index (χ4n) is 0.882. The van der Waals surface area contributed by atoms with E-state index in [1.165, 1.54) is 0 Å². The molecule has 0 aromatic heterocycles. The van der Waals surface area contributed by atoms with E-state index in [2.05, 4.69) is 22.2 Å². The second-order valence-corrected chi connectivity index (χ2v) is 3.22. The maximum Gasteiger partial charge on any atom is 0.545 e. The third-order valence-electron chi connectivity index (χ3n) is 1.49. The molecule has 1 rings (SSSR count). The molecule has 0 aliphatic heterocycles. The average molecular weight is 263 g/mol. The number of hydrogen-bond acceptors (Lipinski definition) is 3. The van der Waals surface area contributed by atoms with Crippen LogP contribution in [0, 0.1) is 0 Å². The van der Waals surface area contributed by atoms with Gasteiger partial charge in [-0.05, 0) is 17.8 Å². The van der Waals surface area contributed by atoms with Crippen molar-refractivity contribution in [2.24, 2.45) is 10.8 Å². The Bertz CT molecular complexity index is 408. The summed E-state index contributed by atoms with van der Waals surface area (Å²) in [5, 5.41) is 2.76. The van der Waals surface area contributed by atoms with Gasteiger partial charge in [0.15, 0.2) is 0 Å². The number of benzene rings is 1. The molecule has 0 aliphatic carbocycles. The molecule has 0 radical (unpaired) electrons. The monoisotopic (exact) mass is 263 g/mol. The molecule has 1 aromatic carbocycles. The maximum atomic E-state index is 11.9. The van der Waals surface area contributed by atoms with Gasteiger partial charge in [-0.15, -0.1) is 23.2 Å². The highest BCUT2D eigenvalue weighted by Gasteiger charge is 2.34. The van der Waals surface area contributed by atoms with Gasteiger partial charge in [-0.3, -0.25) is 0 Å². The lowest BCUT2D eigenvalue weighted by Gasteiger charge is -2.16. The van der Waals surface area contributed by atoms with Crippen LogP contribution in [0.5, 0.6) is 0 Å². The molecule has 4 nitrogen and oxygen atoms in total. The molecular weight excluding hydrogens is 255 g/mol. The van der Waals surface area contributed by atoms with Crippen molar-refractivity contribution in [2.75, 3.05) is 0 Å². The van der Waals surface area contributed by atoms with E-state index in [1.807, 2.05) is 0 Å². The van der Waals surface area contributed by atoms with Crippen LogP contribution in [-0.2, 0) is 4.84 Å². The first-order valence-electron chi connectivity index (χ1n) is 4.33. The van der Waals surface area contributed by atoms with Gasteiger partial charge in [-0.25, -0.2) is 0 Å². The number of hydrogen-bond donors (Lipinski definition) is 1. The minimum atomic E-state index is -4.91. The molecule has 17 heavy (non-hydrogen) atoms. The Morgan fingerprint density at radius 2 is 1.94 bits per heavy atom. The van der Waals surface area contributed by atoms with Gasteiger partial charge in [-0.1, -0.05) is 30.3 Å². The molecule has 0 amide bonds. The molecule has 0 fully saturated rings. The number of hydrazone groups is 1. The predicted octanol–water partition coefficient (Wildman–Crippen LogP) is 2.02. The first-order chi connectivity index (χ1) is 7.88. The minimum absolute atomic E-state index is 0.0301. The van der Waals surface area contributed by atoms with Crippen molar-refractivity contribution >= 4 is 23.5 Å². The Labute approximate surface area is 100 Å².